The van der Waals surface area contributed by atoms with Gasteiger partial charge >= 0.3 is 6.09 Å². The van der Waals surface area contributed by atoms with E-state index < -0.39 is 5.60 Å². The number of aromatic amines is 1. The molecular formula is C26H34N4O3. The molecule has 1 saturated heterocycles. The minimum atomic E-state index is -0.454. The van der Waals surface area contributed by atoms with Crippen LogP contribution in [0.4, 0.5) is 4.79 Å². The number of rotatable bonds is 3. The third-order valence-corrected chi connectivity index (χ3v) is 6.59. The summed E-state index contributed by atoms with van der Waals surface area (Å²) in [5.41, 5.74) is 2.19. The van der Waals surface area contributed by atoms with E-state index in [-0.39, 0.29) is 18.0 Å². The van der Waals surface area contributed by atoms with Gasteiger partial charge in [0.1, 0.15) is 11.2 Å². The van der Waals surface area contributed by atoms with Crippen molar-refractivity contribution in [1.82, 2.24) is 20.6 Å². The van der Waals surface area contributed by atoms with E-state index in [2.05, 4.69) is 45.8 Å². The second kappa shape index (κ2) is 9.81. The molecule has 0 bridgehead atoms. The van der Waals surface area contributed by atoms with E-state index in [1.165, 1.54) is 19.3 Å². The minimum absolute atomic E-state index is 0.0221. The number of nitrogens with one attached hydrogen (secondary N) is 3. The second-order valence-electron chi connectivity index (χ2n) is 9.76. The molecule has 7 nitrogen and oxygen atoms in total. The molecule has 33 heavy (non-hydrogen) atoms. The first-order valence-electron chi connectivity index (χ1n) is 11.9. The van der Waals surface area contributed by atoms with Gasteiger partial charge in [-0.1, -0.05) is 44.4 Å². The highest BCUT2D eigenvalue weighted by Gasteiger charge is 2.42. The van der Waals surface area contributed by atoms with Gasteiger partial charge in [0, 0.05) is 23.8 Å². The number of aromatic nitrogens is 2. The number of amides is 2. The summed E-state index contributed by atoms with van der Waals surface area (Å²) < 4.78 is 5.22. The zero-order valence-corrected chi connectivity index (χ0v) is 19.7. The molecule has 1 aliphatic heterocycles. The van der Waals surface area contributed by atoms with Crippen LogP contribution in [0.15, 0.2) is 48.3 Å². The summed E-state index contributed by atoms with van der Waals surface area (Å²) in [6, 6.07) is 4.00. The first-order chi connectivity index (χ1) is 15.8. The van der Waals surface area contributed by atoms with Crippen molar-refractivity contribution in [2.24, 2.45) is 5.92 Å². The van der Waals surface area contributed by atoms with Gasteiger partial charge in [-0.05, 0) is 56.7 Å². The minimum Gasteiger partial charge on any atom is -0.441 e. The average molecular weight is 451 g/mol. The van der Waals surface area contributed by atoms with Gasteiger partial charge in [-0.3, -0.25) is 4.79 Å². The van der Waals surface area contributed by atoms with E-state index in [1.807, 2.05) is 26.1 Å². The van der Waals surface area contributed by atoms with E-state index in [0.717, 1.165) is 35.9 Å². The van der Waals surface area contributed by atoms with Gasteiger partial charge in [-0.15, -0.1) is 0 Å². The predicted octanol–water partition coefficient (Wildman–Crippen LogP) is 5.02. The SMILES string of the molecule is CC1C=C([C@@H]2NC(=O)OC2(C)C)C=CC1.O=C(NC1CCCCC1)c1ccnc2[nH]ccc12. The lowest BCUT2D eigenvalue weighted by atomic mass is 9.87. The Balaban J connectivity index is 0.000000160. The van der Waals surface area contributed by atoms with Crippen molar-refractivity contribution in [3.63, 3.8) is 0 Å². The molecule has 2 amide bonds. The molecule has 2 atom stereocenters. The van der Waals surface area contributed by atoms with E-state index in [4.69, 9.17) is 4.74 Å². The van der Waals surface area contributed by atoms with Gasteiger partial charge in [-0.25, -0.2) is 9.78 Å². The van der Waals surface area contributed by atoms with E-state index in [1.54, 1.807) is 12.3 Å². The van der Waals surface area contributed by atoms with Crippen LogP contribution in [0.2, 0.25) is 0 Å². The number of H-pyrrole nitrogens is 1. The van der Waals surface area contributed by atoms with E-state index in [0.29, 0.717) is 17.5 Å². The first kappa shape index (κ1) is 23.1. The predicted molar refractivity (Wildman–Crippen MR) is 129 cm³/mol. The Kier molecular flexibility index (Phi) is 6.86. The monoisotopic (exact) mass is 450 g/mol. The van der Waals surface area contributed by atoms with Gasteiger partial charge in [-0.2, -0.15) is 0 Å². The smallest absolute Gasteiger partial charge is 0.408 e. The fraction of sp³-hybridized carbons (Fsp3) is 0.500. The normalized spacial score (nSPS) is 24.3. The van der Waals surface area contributed by atoms with Crippen LogP contribution >= 0.6 is 0 Å². The molecule has 3 aliphatic rings. The van der Waals surface area contributed by atoms with Crippen LogP contribution < -0.4 is 10.6 Å². The largest absolute Gasteiger partial charge is 0.441 e. The average Bonchev–Trinajstić information content (AvgIpc) is 3.37. The number of nitrogens with zero attached hydrogens (tertiary/aromatic N) is 1. The van der Waals surface area contributed by atoms with Crippen LogP contribution in [0.5, 0.6) is 0 Å². The fourth-order valence-electron chi connectivity index (χ4n) is 4.84. The quantitative estimate of drug-likeness (QED) is 0.612. The molecule has 2 aliphatic carbocycles. The lowest BCUT2D eigenvalue weighted by molar-refractivity contribution is 0.0750. The summed E-state index contributed by atoms with van der Waals surface area (Å²) in [4.78, 5) is 30.7. The molecule has 0 radical (unpaired) electrons. The Morgan fingerprint density at radius 1 is 1.21 bits per heavy atom. The Bertz CT molecular complexity index is 1060. The van der Waals surface area contributed by atoms with E-state index in [9.17, 15) is 9.59 Å². The number of carbonyl (C=O) groups is 2. The number of carbonyl (C=O) groups excluding carboxylic acids is 2. The summed E-state index contributed by atoms with van der Waals surface area (Å²) in [5, 5.41) is 6.88. The summed E-state index contributed by atoms with van der Waals surface area (Å²) in [6.07, 6.45) is 16.6. The molecule has 2 fully saturated rings. The highest BCUT2D eigenvalue weighted by atomic mass is 16.6. The van der Waals surface area contributed by atoms with Crippen molar-refractivity contribution < 1.29 is 14.3 Å². The summed E-state index contributed by atoms with van der Waals surface area (Å²) in [5.74, 6) is 0.562. The van der Waals surface area contributed by atoms with Crippen molar-refractivity contribution in [2.75, 3.05) is 0 Å². The van der Waals surface area contributed by atoms with Crippen molar-refractivity contribution in [3.05, 3.63) is 53.9 Å². The van der Waals surface area contributed by atoms with Crippen LogP contribution in [0, 0.1) is 5.92 Å². The number of pyridine rings is 1. The molecule has 1 unspecified atom stereocenters. The van der Waals surface area contributed by atoms with Gasteiger partial charge in [0.05, 0.1) is 11.6 Å². The fourth-order valence-corrected chi connectivity index (χ4v) is 4.84. The number of allylic oxidation sites excluding steroid dienone is 2. The summed E-state index contributed by atoms with van der Waals surface area (Å²) in [7, 11) is 0. The number of fused-ring (bicyclic) bond motifs is 1. The maximum absolute atomic E-state index is 12.3. The number of hydrogen-bond acceptors (Lipinski definition) is 4. The molecule has 5 rings (SSSR count). The lowest BCUT2D eigenvalue weighted by Gasteiger charge is -2.26. The van der Waals surface area contributed by atoms with Gasteiger partial charge in [0.25, 0.3) is 5.91 Å². The molecule has 1 saturated carbocycles. The topological polar surface area (TPSA) is 96.1 Å². The lowest BCUT2D eigenvalue weighted by Crippen LogP contribution is -2.40. The zero-order chi connectivity index (χ0) is 23.4. The Morgan fingerprint density at radius 2 is 2.00 bits per heavy atom. The first-order valence-corrected chi connectivity index (χ1v) is 11.9. The molecule has 0 spiro atoms. The molecule has 3 N–H and O–H groups in total. The molecule has 176 valence electrons. The van der Waals surface area contributed by atoms with Crippen LogP contribution in [0.1, 0.15) is 69.7 Å². The van der Waals surface area contributed by atoms with Gasteiger partial charge in [0.2, 0.25) is 0 Å². The maximum atomic E-state index is 12.3. The van der Waals surface area contributed by atoms with Crippen molar-refractivity contribution in [3.8, 4) is 0 Å². The third kappa shape index (κ3) is 5.46. The molecule has 2 aromatic heterocycles. The van der Waals surface area contributed by atoms with Crippen molar-refractivity contribution >= 4 is 23.0 Å². The van der Waals surface area contributed by atoms with Gasteiger partial charge < -0.3 is 20.4 Å². The molecule has 2 aromatic rings. The molecule has 3 heterocycles. The zero-order valence-electron chi connectivity index (χ0n) is 19.7. The summed E-state index contributed by atoms with van der Waals surface area (Å²) in [6.45, 7) is 6.04. The number of alkyl carbamates (subject to hydrolysis) is 1. The third-order valence-electron chi connectivity index (χ3n) is 6.59. The number of ether oxygens (including phenoxy) is 1. The summed E-state index contributed by atoms with van der Waals surface area (Å²) >= 11 is 0. The molecule has 7 heteroatoms. The maximum Gasteiger partial charge on any atom is 0.408 e. The van der Waals surface area contributed by atoms with Crippen molar-refractivity contribution in [2.45, 2.75) is 77.0 Å². The number of hydrogen-bond donors (Lipinski definition) is 3. The van der Waals surface area contributed by atoms with Crippen LogP contribution in [0.3, 0.4) is 0 Å². The number of cyclic esters (lactones) is 1. The van der Waals surface area contributed by atoms with Crippen LogP contribution in [0.25, 0.3) is 11.0 Å². The van der Waals surface area contributed by atoms with Crippen molar-refractivity contribution in [1.29, 1.82) is 0 Å². The van der Waals surface area contributed by atoms with Crippen LogP contribution in [-0.2, 0) is 4.74 Å². The molecule has 0 aromatic carbocycles. The highest BCUT2D eigenvalue weighted by Crippen LogP contribution is 2.30. The Labute approximate surface area is 195 Å². The molecular weight excluding hydrogens is 416 g/mol. The Morgan fingerprint density at radius 3 is 2.70 bits per heavy atom. The Hall–Kier alpha value is -3.09. The van der Waals surface area contributed by atoms with E-state index >= 15 is 0 Å². The van der Waals surface area contributed by atoms with Gasteiger partial charge in [0.15, 0.2) is 0 Å². The standard InChI is InChI=1S/C14H17N3O.C12H17NO2/c18-14(17-10-4-2-1-3-5-10)12-7-9-16-13-11(12)6-8-15-13;1-8-5-4-6-9(7-8)10-12(2,3)15-11(14)13-10/h6-10H,1-5H2,(H,15,16)(H,17,18);4,6-8,10H,5H2,1-3H3,(H,13,14)/t;8?,10-/m.0/s1. The highest BCUT2D eigenvalue weighted by molar-refractivity contribution is 6.05. The second-order valence-corrected chi connectivity index (χ2v) is 9.76. The van der Waals surface area contributed by atoms with Crippen LogP contribution in [-0.4, -0.2) is 39.7 Å².